The van der Waals surface area contributed by atoms with Crippen LogP contribution in [0.3, 0.4) is 0 Å². The van der Waals surface area contributed by atoms with Gasteiger partial charge in [0, 0.05) is 18.8 Å². The average molecular weight is 449 g/mol. The Morgan fingerprint density at radius 1 is 1.03 bits per heavy atom. The van der Waals surface area contributed by atoms with E-state index in [1.165, 1.54) is 47.6 Å². The first kappa shape index (κ1) is 22.9. The minimum atomic E-state index is -4.80. The number of carbonyl (C=O) groups excluding carboxylic acids is 2. The van der Waals surface area contributed by atoms with Crippen molar-refractivity contribution < 1.29 is 31.6 Å². The Morgan fingerprint density at radius 3 is 2.44 bits per heavy atom. The van der Waals surface area contributed by atoms with Gasteiger partial charge in [-0.2, -0.15) is 13.2 Å². The predicted octanol–water partition coefficient (Wildman–Crippen LogP) is 5.74. The molecule has 0 saturated carbocycles. The summed E-state index contributed by atoms with van der Waals surface area (Å²) in [5.41, 5.74) is -1.24. The molecule has 0 fully saturated rings. The van der Waals surface area contributed by atoms with Gasteiger partial charge in [0.15, 0.2) is 5.76 Å². The summed E-state index contributed by atoms with van der Waals surface area (Å²) in [5, 5.41) is 4.57. The molecule has 1 aromatic heterocycles. The summed E-state index contributed by atoms with van der Waals surface area (Å²) in [4.78, 5) is 25.9. The van der Waals surface area contributed by atoms with Crippen LogP contribution in [0.5, 0.6) is 0 Å². The summed E-state index contributed by atoms with van der Waals surface area (Å²) in [5.74, 6) is -1.26. The van der Waals surface area contributed by atoms with E-state index in [0.29, 0.717) is 5.56 Å². The zero-order chi connectivity index (χ0) is 23.3. The third kappa shape index (κ3) is 5.65. The van der Waals surface area contributed by atoms with Crippen molar-refractivity contribution in [2.75, 3.05) is 17.2 Å². The van der Waals surface area contributed by atoms with Gasteiger partial charge >= 0.3 is 12.2 Å². The number of hydrogen-bond donors (Lipinski definition) is 2. The lowest BCUT2D eigenvalue weighted by atomic mass is 10.1. The van der Waals surface area contributed by atoms with Gasteiger partial charge < -0.3 is 20.0 Å². The normalized spacial score (nSPS) is 11.2. The number of anilines is 2. The number of amides is 3. The maximum Gasteiger partial charge on any atom is 0.418 e. The fraction of sp³-hybridized carbons (Fsp3) is 0.182. The lowest BCUT2D eigenvalue weighted by molar-refractivity contribution is -0.136. The summed E-state index contributed by atoms with van der Waals surface area (Å²) in [6.45, 7) is 1.84. The highest BCUT2D eigenvalue weighted by Gasteiger charge is 2.35. The third-order valence-electron chi connectivity index (χ3n) is 4.50. The molecule has 3 amide bonds. The molecular formula is C22H19F4N3O3. The van der Waals surface area contributed by atoms with E-state index in [-0.39, 0.29) is 24.5 Å². The SMILES string of the molecule is CCN(Cc1cccc(F)c1)C(=O)Nc1ccc(NC(=O)c2ccco2)cc1C(F)(F)F. The zero-order valence-corrected chi connectivity index (χ0v) is 16.9. The summed E-state index contributed by atoms with van der Waals surface area (Å²) in [7, 11) is 0. The second-order valence-electron chi connectivity index (χ2n) is 6.76. The second kappa shape index (κ2) is 9.54. The maximum atomic E-state index is 13.6. The van der Waals surface area contributed by atoms with Crippen LogP contribution in [0.2, 0.25) is 0 Å². The molecule has 0 aliphatic heterocycles. The van der Waals surface area contributed by atoms with E-state index in [0.717, 1.165) is 12.1 Å². The lowest BCUT2D eigenvalue weighted by Gasteiger charge is -2.23. The van der Waals surface area contributed by atoms with Gasteiger partial charge in [-0.15, -0.1) is 0 Å². The summed E-state index contributed by atoms with van der Waals surface area (Å²) >= 11 is 0. The van der Waals surface area contributed by atoms with Crippen molar-refractivity contribution in [2.45, 2.75) is 19.6 Å². The number of carbonyl (C=O) groups is 2. The van der Waals surface area contributed by atoms with Gasteiger partial charge in [-0.1, -0.05) is 12.1 Å². The number of nitrogens with zero attached hydrogens (tertiary/aromatic N) is 1. The van der Waals surface area contributed by atoms with E-state index in [1.807, 2.05) is 0 Å². The summed E-state index contributed by atoms with van der Waals surface area (Å²) in [6.07, 6.45) is -3.54. The van der Waals surface area contributed by atoms with Gasteiger partial charge in [-0.25, -0.2) is 9.18 Å². The molecule has 2 aromatic carbocycles. The van der Waals surface area contributed by atoms with Crippen LogP contribution in [0.25, 0.3) is 0 Å². The fourth-order valence-corrected chi connectivity index (χ4v) is 2.94. The molecule has 0 aliphatic rings. The Labute approximate surface area is 180 Å². The molecule has 0 saturated heterocycles. The minimum Gasteiger partial charge on any atom is -0.459 e. The molecule has 0 bridgehead atoms. The Balaban J connectivity index is 1.79. The number of benzene rings is 2. The van der Waals surface area contributed by atoms with E-state index in [9.17, 15) is 27.2 Å². The molecule has 0 radical (unpaired) electrons. The molecule has 1 heterocycles. The van der Waals surface area contributed by atoms with Crippen molar-refractivity contribution in [3.8, 4) is 0 Å². The first-order chi connectivity index (χ1) is 15.2. The summed E-state index contributed by atoms with van der Waals surface area (Å²) < 4.78 is 59.2. The number of urea groups is 1. The first-order valence-corrected chi connectivity index (χ1v) is 9.54. The van der Waals surface area contributed by atoms with E-state index < -0.39 is 35.2 Å². The third-order valence-corrected chi connectivity index (χ3v) is 4.50. The molecule has 32 heavy (non-hydrogen) atoms. The van der Waals surface area contributed by atoms with Gasteiger partial charge in [0.2, 0.25) is 0 Å². The van der Waals surface area contributed by atoms with Crippen LogP contribution >= 0.6 is 0 Å². The minimum absolute atomic E-state index is 0.0126. The molecule has 3 aromatic rings. The molecule has 10 heteroatoms. The quantitative estimate of drug-likeness (QED) is 0.471. The maximum absolute atomic E-state index is 13.6. The van der Waals surface area contributed by atoms with E-state index in [4.69, 9.17) is 4.42 Å². The monoisotopic (exact) mass is 449 g/mol. The molecule has 2 N–H and O–H groups in total. The van der Waals surface area contributed by atoms with Crippen LogP contribution in [-0.4, -0.2) is 23.4 Å². The predicted molar refractivity (Wildman–Crippen MR) is 110 cm³/mol. The van der Waals surface area contributed by atoms with Crippen molar-refractivity contribution in [2.24, 2.45) is 0 Å². The van der Waals surface area contributed by atoms with Crippen LogP contribution in [-0.2, 0) is 12.7 Å². The highest BCUT2D eigenvalue weighted by atomic mass is 19.4. The second-order valence-corrected chi connectivity index (χ2v) is 6.76. The summed E-state index contributed by atoms with van der Waals surface area (Å²) in [6, 6.07) is 10.6. The molecule has 0 unspecified atom stereocenters. The number of nitrogens with one attached hydrogen (secondary N) is 2. The molecular weight excluding hydrogens is 430 g/mol. The Bertz CT molecular complexity index is 1100. The van der Waals surface area contributed by atoms with E-state index in [2.05, 4.69) is 10.6 Å². The molecule has 0 aliphatic carbocycles. The van der Waals surface area contributed by atoms with Crippen molar-refractivity contribution in [3.63, 3.8) is 0 Å². The van der Waals surface area contributed by atoms with Crippen molar-refractivity contribution >= 4 is 23.3 Å². The van der Waals surface area contributed by atoms with Crippen molar-refractivity contribution in [1.82, 2.24) is 4.90 Å². The molecule has 3 rings (SSSR count). The van der Waals surface area contributed by atoms with Gasteiger partial charge in [0.1, 0.15) is 5.82 Å². The first-order valence-electron chi connectivity index (χ1n) is 9.54. The fourth-order valence-electron chi connectivity index (χ4n) is 2.94. The van der Waals surface area contributed by atoms with Crippen molar-refractivity contribution in [3.05, 3.63) is 83.6 Å². The van der Waals surface area contributed by atoms with Gasteiger partial charge in [0.05, 0.1) is 17.5 Å². The van der Waals surface area contributed by atoms with Crippen LogP contribution < -0.4 is 10.6 Å². The van der Waals surface area contributed by atoms with Gasteiger partial charge in [-0.3, -0.25) is 4.79 Å². The molecule has 0 spiro atoms. The Hall–Kier alpha value is -3.82. The highest BCUT2D eigenvalue weighted by molar-refractivity contribution is 6.02. The zero-order valence-electron chi connectivity index (χ0n) is 16.9. The number of alkyl halides is 3. The molecule has 0 atom stereocenters. The standard InChI is InChI=1S/C22H19F4N3O3/c1-2-29(13-14-5-3-6-15(23)11-14)21(31)28-18-9-8-16(12-17(18)22(24,25)26)27-20(30)19-7-4-10-32-19/h3-12H,2,13H2,1H3,(H,27,30)(H,28,31). The smallest absolute Gasteiger partial charge is 0.418 e. The largest absolute Gasteiger partial charge is 0.459 e. The number of hydrogen-bond acceptors (Lipinski definition) is 3. The number of halogens is 4. The number of rotatable bonds is 6. The number of furan rings is 1. The molecule has 6 nitrogen and oxygen atoms in total. The van der Waals surface area contributed by atoms with Crippen LogP contribution in [0.4, 0.5) is 33.7 Å². The van der Waals surface area contributed by atoms with Crippen LogP contribution in [0.15, 0.2) is 65.3 Å². The molecule has 168 valence electrons. The van der Waals surface area contributed by atoms with Crippen LogP contribution in [0, 0.1) is 5.82 Å². The van der Waals surface area contributed by atoms with E-state index >= 15 is 0 Å². The average Bonchev–Trinajstić information content (AvgIpc) is 3.27. The topological polar surface area (TPSA) is 74.6 Å². The van der Waals surface area contributed by atoms with E-state index in [1.54, 1.807) is 13.0 Å². The van der Waals surface area contributed by atoms with Gasteiger partial charge in [0.25, 0.3) is 5.91 Å². The lowest BCUT2D eigenvalue weighted by Crippen LogP contribution is -2.34. The Morgan fingerprint density at radius 2 is 1.81 bits per heavy atom. The van der Waals surface area contributed by atoms with Crippen molar-refractivity contribution in [1.29, 1.82) is 0 Å². The highest BCUT2D eigenvalue weighted by Crippen LogP contribution is 2.37. The van der Waals surface area contributed by atoms with Crippen LogP contribution in [0.1, 0.15) is 28.6 Å². The Kier molecular flexibility index (Phi) is 6.82. The van der Waals surface area contributed by atoms with Gasteiger partial charge in [-0.05, 0) is 55.0 Å².